The van der Waals surface area contributed by atoms with Gasteiger partial charge in [-0.1, -0.05) is 12.1 Å². The van der Waals surface area contributed by atoms with Crippen molar-refractivity contribution in [3.63, 3.8) is 0 Å². The summed E-state index contributed by atoms with van der Waals surface area (Å²) in [5.41, 5.74) is 7.90. The first kappa shape index (κ1) is 12.1. The first-order valence-corrected chi connectivity index (χ1v) is 6.21. The first-order valence-electron chi connectivity index (χ1n) is 4.81. The lowest BCUT2D eigenvalue weighted by Gasteiger charge is -2.02. The van der Waals surface area contributed by atoms with E-state index in [1.807, 2.05) is 31.5 Å². The third-order valence-electron chi connectivity index (χ3n) is 1.86. The molecule has 4 heteroatoms. The summed E-state index contributed by atoms with van der Waals surface area (Å²) in [6.45, 7) is 0.853. The molecule has 0 aliphatic heterocycles. The van der Waals surface area contributed by atoms with Gasteiger partial charge >= 0.3 is 0 Å². The van der Waals surface area contributed by atoms with Crippen molar-refractivity contribution in [3.05, 3.63) is 29.8 Å². The normalized spacial score (nSPS) is 11.7. The van der Waals surface area contributed by atoms with E-state index in [1.165, 1.54) is 5.56 Å². The fraction of sp³-hybridized carbons (Fsp3) is 0.364. The SMILES string of the molecule is CNCc1cccc(N=C(N)CSC)c1. The summed E-state index contributed by atoms with van der Waals surface area (Å²) in [7, 11) is 1.93. The Labute approximate surface area is 95.2 Å². The molecule has 0 amide bonds. The summed E-state index contributed by atoms with van der Waals surface area (Å²) < 4.78 is 0. The monoisotopic (exact) mass is 223 g/mol. The Kier molecular flexibility index (Phi) is 5.21. The highest BCUT2D eigenvalue weighted by molar-refractivity contribution is 7.99. The maximum atomic E-state index is 5.75. The molecule has 0 aliphatic rings. The van der Waals surface area contributed by atoms with Crippen molar-refractivity contribution in [3.8, 4) is 0 Å². The molecule has 0 bridgehead atoms. The van der Waals surface area contributed by atoms with Crippen molar-refractivity contribution in [2.45, 2.75) is 6.54 Å². The van der Waals surface area contributed by atoms with Gasteiger partial charge in [0.1, 0.15) is 5.84 Å². The van der Waals surface area contributed by atoms with E-state index in [4.69, 9.17) is 5.73 Å². The maximum Gasteiger partial charge on any atom is 0.110 e. The zero-order valence-corrected chi connectivity index (χ0v) is 9.97. The van der Waals surface area contributed by atoms with Crippen LogP contribution in [0.1, 0.15) is 5.56 Å². The van der Waals surface area contributed by atoms with Gasteiger partial charge in [-0.3, -0.25) is 0 Å². The zero-order valence-electron chi connectivity index (χ0n) is 9.16. The number of nitrogens with two attached hydrogens (primary N) is 1. The molecule has 15 heavy (non-hydrogen) atoms. The fourth-order valence-corrected chi connectivity index (χ4v) is 1.65. The van der Waals surface area contributed by atoms with Crippen LogP contribution in [-0.2, 0) is 6.54 Å². The second-order valence-electron chi connectivity index (χ2n) is 3.24. The molecule has 0 fully saturated rings. The number of benzene rings is 1. The predicted octanol–water partition coefficient (Wildman–Crippen LogP) is 1.76. The van der Waals surface area contributed by atoms with Gasteiger partial charge in [-0.2, -0.15) is 11.8 Å². The minimum absolute atomic E-state index is 0.670. The highest BCUT2D eigenvalue weighted by Crippen LogP contribution is 2.14. The van der Waals surface area contributed by atoms with Gasteiger partial charge in [0.15, 0.2) is 0 Å². The van der Waals surface area contributed by atoms with Gasteiger partial charge in [0.2, 0.25) is 0 Å². The summed E-state index contributed by atoms with van der Waals surface area (Å²) in [4.78, 5) is 4.34. The van der Waals surface area contributed by atoms with E-state index >= 15 is 0 Å². The molecule has 0 aromatic heterocycles. The zero-order chi connectivity index (χ0) is 11.1. The van der Waals surface area contributed by atoms with Crippen LogP contribution in [0.2, 0.25) is 0 Å². The molecule has 0 heterocycles. The quantitative estimate of drug-likeness (QED) is 0.591. The van der Waals surface area contributed by atoms with E-state index in [0.29, 0.717) is 5.84 Å². The third kappa shape index (κ3) is 4.36. The molecule has 1 aromatic rings. The molecule has 3 nitrogen and oxygen atoms in total. The Hall–Kier alpha value is -1.00. The summed E-state index contributed by atoms with van der Waals surface area (Å²) in [5.74, 6) is 1.44. The number of aliphatic imine (C=N–C) groups is 1. The molecule has 0 aliphatic carbocycles. The summed E-state index contributed by atoms with van der Waals surface area (Å²) >= 11 is 1.68. The van der Waals surface area contributed by atoms with E-state index in [9.17, 15) is 0 Å². The van der Waals surface area contributed by atoms with Crippen molar-refractivity contribution in [1.82, 2.24) is 5.32 Å². The van der Waals surface area contributed by atoms with E-state index in [-0.39, 0.29) is 0 Å². The molecule has 0 atom stereocenters. The lowest BCUT2D eigenvalue weighted by molar-refractivity contribution is 0.818. The van der Waals surface area contributed by atoms with Crippen molar-refractivity contribution in [1.29, 1.82) is 0 Å². The van der Waals surface area contributed by atoms with E-state index in [0.717, 1.165) is 18.0 Å². The largest absolute Gasteiger partial charge is 0.386 e. The van der Waals surface area contributed by atoms with E-state index in [2.05, 4.69) is 16.4 Å². The highest BCUT2D eigenvalue weighted by Gasteiger charge is 1.95. The van der Waals surface area contributed by atoms with Crippen molar-refractivity contribution < 1.29 is 0 Å². The van der Waals surface area contributed by atoms with E-state index < -0.39 is 0 Å². The van der Waals surface area contributed by atoms with Gasteiger partial charge in [-0.05, 0) is 31.0 Å². The van der Waals surface area contributed by atoms with E-state index in [1.54, 1.807) is 11.8 Å². The Balaban J connectivity index is 2.76. The first-order chi connectivity index (χ1) is 7.26. The topological polar surface area (TPSA) is 50.4 Å². The Morgan fingerprint density at radius 3 is 3.00 bits per heavy atom. The molecular weight excluding hydrogens is 206 g/mol. The van der Waals surface area contributed by atoms with Crippen LogP contribution in [0.4, 0.5) is 5.69 Å². The molecule has 1 rings (SSSR count). The third-order valence-corrected chi connectivity index (χ3v) is 2.44. The predicted molar refractivity (Wildman–Crippen MR) is 68.9 cm³/mol. The molecule has 0 radical (unpaired) electrons. The summed E-state index contributed by atoms with van der Waals surface area (Å²) in [6, 6.07) is 8.08. The average Bonchev–Trinajstić information content (AvgIpc) is 2.19. The van der Waals surface area contributed by atoms with Crippen LogP contribution in [-0.4, -0.2) is 24.9 Å². The molecule has 0 spiro atoms. The molecule has 0 saturated heterocycles. The fourth-order valence-electron chi connectivity index (χ4n) is 1.29. The second-order valence-corrected chi connectivity index (χ2v) is 4.10. The second kappa shape index (κ2) is 6.48. The van der Waals surface area contributed by atoms with Crippen LogP contribution < -0.4 is 11.1 Å². The molecule has 0 saturated carbocycles. The van der Waals surface area contributed by atoms with Gasteiger partial charge in [0.25, 0.3) is 0 Å². The number of thioether (sulfide) groups is 1. The summed E-state index contributed by atoms with van der Waals surface area (Å²) in [6.07, 6.45) is 2.01. The van der Waals surface area contributed by atoms with Crippen LogP contribution >= 0.6 is 11.8 Å². The van der Waals surface area contributed by atoms with Gasteiger partial charge in [-0.25, -0.2) is 4.99 Å². The van der Waals surface area contributed by atoms with Crippen molar-refractivity contribution in [2.75, 3.05) is 19.1 Å². The number of hydrogen-bond donors (Lipinski definition) is 2. The van der Waals surface area contributed by atoms with Gasteiger partial charge in [-0.15, -0.1) is 0 Å². The minimum atomic E-state index is 0.670. The highest BCUT2D eigenvalue weighted by atomic mass is 32.2. The molecule has 1 aromatic carbocycles. The molecule has 3 N–H and O–H groups in total. The number of rotatable bonds is 5. The van der Waals surface area contributed by atoms with Crippen LogP contribution in [0.5, 0.6) is 0 Å². The van der Waals surface area contributed by atoms with Crippen LogP contribution in [0, 0.1) is 0 Å². The average molecular weight is 223 g/mol. The van der Waals surface area contributed by atoms with Gasteiger partial charge in [0.05, 0.1) is 11.4 Å². The minimum Gasteiger partial charge on any atom is -0.386 e. The number of nitrogens with one attached hydrogen (secondary N) is 1. The van der Waals surface area contributed by atoms with Crippen LogP contribution in [0.15, 0.2) is 29.3 Å². The Bertz CT molecular complexity index is 336. The molecule has 82 valence electrons. The van der Waals surface area contributed by atoms with Crippen LogP contribution in [0.3, 0.4) is 0 Å². The molecule has 0 unspecified atom stereocenters. The smallest absolute Gasteiger partial charge is 0.110 e. The maximum absolute atomic E-state index is 5.75. The number of amidine groups is 1. The Morgan fingerprint density at radius 1 is 1.53 bits per heavy atom. The summed E-state index contributed by atoms with van der Waals surface area (Å²) in [5, 5.41) is 3.11. The number of hydrogen-bond acceptors (Lipinski definition) is 3. The standard InChI is InChI=1S/C11H17N3S/c1-13-7-9-4-3-5-10(6-9)14-11(12)8-15-2/h3-6,13H,7-8H2,1-2H3,(H2,12,14). The van der Waals surface area contributed by atoms with Crippen molar-refractivity contribution in [2.24, 2.45) is 10.7 Å². The van der Waals surface area contributed by atoms with Crippen LogP contribution in [0.25, 0.3) is 0 Å². The van der Waals surface area contributed by atoms with Crippen molar-refractivity contribution >= 4 is 23.3 Å². The Morgan fingerprint density at radius 2 is 2.33 bits per heavy atom. The van der Waals surface area contributed by atoms with Gasteiger partial charge in [0, 0.05) is 6.54 Å². The van der Waals surface area contributed by atoms with Gasteiger partial charge < -0.3 is 11.1 Å². The number of nitrogens with zero attached hydrogens (tertiary/aromatic N) is 1. The lowest BCUT2D eigenvalue weighted by Crippen LogP contribution is -2.13. The molecular formula is C11H17N3S. The lowest BCUT2D eigenvalue weighted by atomic mass is 10.2.